The Morgan fingerprint density at radius 3 is 1.96 bits per heavy atom. The molecule has 134 valence electrons. The van der Waals surface area contributed by atoms with Gasteiger partial charge in [0.2, 0.25) is 5.75 Å². The van der Waals surface area contributed by atoms with E-state index in [1.165, 1.54) is 0 Å². The maximum Gasteiger partial charge on any atom is 0.203 e. The number of piperazine rings is 1. The number of methoxy groups -OCH3 is 3. The molecular formula is C15H25Cl2FN2O3. The maximum absolute atomic E-state index is 13.6. The van der Waals surface area contributed by atoms with E-state index in [-0.39, 0.29) is 30.9 Å². The number of alkyl halides is 1. The van der Waals surface area contributed by atoms with Crippen molar-refractivity contribution in [3.05, 3.63) is 17.7 Å². The third-order valence-corrected chi connectivity index (χ3v) is 3.81. The number of hydrogen-bond donors (Lipinski definition) is 1. The number of ether oxygens (including phenoxy) is 3. The zero-order valence-electron chi connectivity index (χ0n) is 13.6. The van der Waals surface area contributed by atoms with E-state index in [9.17, 15) is 4.39 Å². The Labute approximate surface area is 149 Å². The number of hydrogen-bond acceptors (Lipinski definition) is 5. The van der Waals surface area contributed by atoms with E-state index < -0.39 is 6.67 Å². The summed E-state index contributed by atoms with van der Waals surface area (Å²) in [6.45, 7) is 2.96. The molecule has 1 aromatic carbocycles. The predicted octanol–water partition coefficient (Wildman–Crippen LogP) is 2.47. The quantitative estimate of drug-likeness (QED) is 0.832. The second kappa shape index (κ2) is 10.8. The maximum atomic E-state index is 13.6. The van der Waals surface area contributed by atoms with E-state index in [4.69, 9.17) is 14.2 Å². The molecule has 0 bridgehead atoms. The van der Waals surface area contributed by atoms with Crippen LogP contribution in [0.5, 0.6) is 17.2 Å². The molecule has 1 fully saturated rings. The molecule has 0 saturated carbocycles. The van der Waals surface area contributed by atoms with Gasteiger partial charge in [-0.1, -0.05) is 0 Å². The molecule has 5 nitrogen and oxygen atoms in total. The molecule has 1 heterocycles. The molecule has 0 amide bonds. The van der Waals surface area contributed by atoms with Gasteiger partial charge in [-0.3, -0.25) is 4.90 Å². The van der Waals surface area contributed by atoms with E-state index >= 15 is 0 Å². The summed E-state index contributed by atoms with van der Waals surface area (Å²) in [4.78, 5) is 2.14. The van der Waals surface area contributed by atoms with Crippen LogP contribution in [0.15, 0.2) is 12.1 Å². The Balaban J connectivity index is 0.00000242. The van der Waals surface area contributed by atoms with Crippen LogP contribution in [-0.2, 0) is 0 Å². The standard InChI is InChI=1S/C15H23FN2O3.2ClH/c1-19-13-8-11(9-14(20-2)15(13)21-3)12(10-16)18-6-4-17-5-7-18;;/h8-9,12,17H,4-7,10H2,1-3H3;2*1H/t12-;;/m1../s1. The molecule has 0 aliphatic carbocycles. The van der Waals surface area contributed by atoms with Crippen molar-refractivity contribution in [2.24, 2.45) is 0 Å². The number of nitrogens with zero attached hydrogens (tertiary/aromatic N) is 1. The number of rotatable bonds is 6. The van der Waals surface area contributed by atoms with Gasteiger partial charge >= 0.3 is 0 Å². The summed E-state index contributed by atoms with van der Waals surface area (Å²) in [6.07, 6.45) is 0. The molecule has 1 aliphatic heterocycles. The van der Waals surface area contributed by atoms with Crippen molar-refractivity contribution in [2.75, 3.05) is 54.2 Å². The summed E-state index contributed by atoms with van der Waals surface area (Å²) in [6, 6.07) is 3.36. The van der Waals surface area contributed by atoms with Crippen LogP contribution in [0.1, 0.15) is 11.6 Å². The lowest BCUT2D eigenvalue weighted by molar-refractivity contribution is 0.147. The molecule has 23 heavy (non-hydrogen) atoms. The number of nitrogens with one attached hydrogen (secondary N) is 1. The number of halogens is 3. The van der Waals surface area contributed by atoms with Crippen molar-refractivity contribution in [1.82, 2.24) is 10.2 Å². The van der Waals surface area contributed by atoms with Gasteiger partial charge in [0.05, 0.1) is 27.4 Å². The van der Waals surface area contributed by atoms with Crippen LogP contribution < -0.4 is 19.5 Å². The Hall–Kier alpha value is -0.950. The fourth-order valence-corrected chi connectivity index (χ4v) is 2.69. The third kappa shape index (κ3) is 5.01. The molecule has 0 unspecified atom stereocenters. The minimum absolute atomic E-state index is 0. The summed E-state index contributed by atoms with van der Waals surface area (Å²) in [5, 5.41) is 3.27. The average molecular weight is 371 g/mol. The van der Waals surface area contributed by atoms with E-state index in [1.807, 2.05) is 12.1 Å². The summed E-state index contributed by atoms with van der Waals surface area (Å²) in [7, 11) is 4.69. The molecule has 0 radical (unpaired) electrons. The minimum atomic E-state index is -0.446. The molecule has 1 saturated heterocycles. The summed E-state index contributed by atoms with van der Waals surface area (Å²) in [5.41, 5.74) is 0.842. The van der Waals surface area contributed by atoms with Gasteiger partial charge in [0, 0.05) is 26.2 Å². The topological polar surface area (TPSA) is 43.0 Å². The van der Waals surface area contributed by atoms with E-state index in [0.29, 0.717) is 17.2 Å². The fraction of sp³-hybridized carbons (Fsp3) is 0.600. The van der Waals surface area contributed by atoms with Crippen molar-refractivity contribution in [3.8, 4) is 17.2 Å². The first-order chi connectivity index (χ1) is 10.2. The Morgan fingerprint density at radius 2 is 1.57 bits per heavy atom. The van der Waals surface area contributed by atoms with Gasteiger partial charge in [-0.25, -0.2) is 4.39 Å². The first kappa shape index (κ1) is 22.1. The minimum Gasteiger partial charge on any atom is -0.493 e. The Kier molecular flexibility index (Phi) is 10.3. The largest absolute Gasteiger partial charge is 0.493 e. The molecule has 1 aromatic rings. The fourth-order valence-electron chi connectivity index (χ4n) is 2.69. The van der Waals surface area contributed by atoms with Crippen LogP contribution in [0.2, 0.25) is 0 Å². The van der Waals surface area contributed by atoms with Crippen LogP contribution in [0, 0.1) is 0 Å². The first-order valence-corrected chi connectivity index (χ1v) is 7.05. The van der Waals surface area contributed by atoms with E-state index in [2.05, 4.69) is 10.2 Å². The summed E-state index contributed by atoms with van der Waals surface area (Å²) < 4.78 is 29.6. The summed E-state index contributed by atoms with van der Waals surface area (Å²) >= 11 is 0. The molecule has 1 N–H and O–H groups in total. The highest BCUT2D eigenvalue weighted by Crippen LogP contribution is 2.40. The van der Waals surface area contributed by atoms with Crippen molar-refractivity contribution in [1.29, 1.82) is 0 Å². The van der Waals surface area contributed by atoms with Gasteiger partial charge < -0.3 is 19.5 Å². The van der Waals surface area contributed by atoms with Gasteiger partial charge in [0.15, 0.2) is 11.5 Å². The lowest BCUT2D eigenvalue weighted by Gasteiger charge is -2.34. The molecular weight excluding hydrogens is 346 g/mol. The smallest absolute Gasteiger partial charge is 0.203 e. The molecule has 2 rings (SSSR count). The third-order valence-electron chi connectivity index (χ3n) is 3.81. The van der Waals surface area contributed by atoms with Crippen molar-refractivity contribution in [2.45, 2.75) is 6.04 Å². The lowest BCUT2D eigenvalue weighted by atomic mass is 10.0. The zero-order valence-corrected chi connectivity index (χ0v) is 15.3. The zero-order chi connectivity index (χ0) is 15.2. The van der Waals surface area contributed by atoms with E-state index in [0.717, 1.165) is 31.7 Å². The Bertz CT molecular complexity index is 449. The second-order valence-corrected chi connectivity index (χ2v) is 4.91. The van der Waals surface area contributed by atoms with Crippen LogP contribution in [0.3, 0.4) is 0 Å². The van der Waals surface area contributed by atoms with Gasteiger partial charge in [-0.2, -0.15) is 0 Å². The van der Waals surface area contributed by atoms with Gasteiger partial charge in [-0.05, 0) is 17.7 Å². The molecule has 1 aliphatic rings. The van der Waals surface area contributed by atoms with Crippen molar-refractivity contribution >= 4 is 24.8 Å². The predicted molar refractivity (Wildman–Crippen MR) is 93.8 cm³/mol. The van der Waals surface area contributed by atoms with Crippen LogP contribution in [0.25, 0.3) is 0 Å². The lowest BCUT2D eigenvalue weighted by Crippen LogP contribution is -2.45. The van der Waals surface area contributed by atoms with Crippen LogP contribution in [-0.4, -0.2) is 59.1 Å². The Morgan fingerprint density at radius 1 is 1.04 bits per heavy atom. The normalized spacial score (nSPS) is 15.8. The van der Waals surface area contributed by atoms with Gasteiger partial charge in [0.25, 0.3) is 0 Å². The summed E-state index contributed by atoms with van der Waals surface area (Å²) in [5.74, 6) is 1.64. The van der Waals surface area contributed by atoms with Gasteiger partial charge in [-0.15, -0.1) is 24.8 Å². The average Bonchev–Trinajstić information content (AvgIpc) is 2.55. The molecule has 0 spiro atoms. The first-order valence-electron chi connectivity index (χ1n) is 7.05. The van der Waals surface area contributed by atoms with Crippen LogP contribution >= 0.6 is 24.8 Å². The van der Waals surface area contributed by atoms with E-state index in [1.54, 1.807) is 21.3 Å². The highest BCUT2D eigenvalue weighted by molar-refractivity contribution is 5.85. The molecule has 0 aromatic heterocycles. The number of benzene rings is 1. The second-order valence-electron chi connectivity index (χ2n) is 4.91. The molecule has 1 atom stereocenters. The molecule has 8 heteroatoms. The van der Waals surface area contributed by atoms with Crippen LogP contribution in [0.4, 0.5) is 4.39 Å². The monoisotopic (exact) mass is 370 g/mol. The SMILES string of the molecule is COc1cc([C@@H](CF)N2CCNCC2)cc(OC)c1OC.Cl.Cl. The highest BCUT2D eigenvalue weighted by atomic mass is 35.5. The highest BCUT2D eigenvalue weighted by Gasteiger charge is 2.25. The van der Waals surface area contributed by atoms with Crippen molar-refractivity contribution < 1.29 is 18.6 Å². The van der Waals surface area contributed by atoms with Gasteiger partial charge in [0.1, 0.15) is 6.67 Å². The van der Waals surface area contributed by atoms with Crippen molar-refractivity contribution in [3.63, 3.8) is 0 Å².